The SMILES string of the molecule is CCc1cccc(N(N)C(=O)NN)c1/C=C/c1cc(C)ccc1C. The lowest BCUT2D eigenvalue weighted by atomic mass is 9.99. The lowest BCUT2D eigenvalue weighted by molar-refractivity contribution is 0.246. The maximum absolute atomic E-state index is 11.8. The molecule has 0 aliphatic heterocycles. The molecule has 0 bridgehead atoms. The molecular formula is C19H24N4O. The zero-order chi connectivity index (χ0) is 17.7. The Morgan fingerprint density at radius 3 is 2.62 bits per heavy atom. The quantitative estimate of drug-likeness (QED) is 0.349. The van der Waals surface area contributed by atoms with Gasteiger partial charge in [0.25, 0.3) is 0 Å². The third-order valence-corrected chi connectivity index (χ3v) is 4.02. The zero-order valence-corrected chi connectivity index (χ0v) is 14.3. The van der Waals surface area contributed by atoms with E-state index in [0.717, 1.165) is 28.1 Å². The summed E-state index contributed by atoms with van der Waals surface area (Å²) in [6, 6.07) is 11.5. The van der Waals surface area contributed by atoms with Crippen LogP contribution in [0.3, 0.4) is 0 Å². The Morgan fingerprint density at radius 1 is 1.21 bits per heavy atom. The van der Waals surface area contributed by atoms with E-state index < -0.39 is 6.03 Å². The largest absolute Gasteiger partial charge is 0.350 e. The number of hydrogen-bond acceptors (Lipinski definition) is 3. The van der Waals surface area contributed by atoms with Crippen LogP contribution in [0, 0.1) is 13.8 Å². The van der Waals surface area contributed by atoms with Crippen LogP contribution in [0.5, 0.6) is 0 Å². The van der Waals surface area contributed by atoms with E-state index in [2.05, 4.69) is 50.5 Å². The molecule has 0 spiro atoms. The first-order chi connectivity index (χ1) is 11.5. The lowest BCUT2D eigenvalue weighted by Gasteiger charge is -2.20. The van der Waals surface area contributed by atoms with Crippen LogP contribution in [0.1, 0.15) is 34.7 Å². The van der Waals surface area contributed by atoms with Crippen molar-refractivity contribution in [1.82, 2.24) is 5.43 Å². The third kappa shape index (κ3) is 3.82. The van der Waals surface area contributed by atoms with Gasteiger partial charge in [-0.3, -0.25) is 5.43 Å². The number of amides is 2. The third-order valence-electron chi connectivity index (χ3n) is 4.02. The van der Waals surface area contributed by atoms with Crippen molar-refractivity contribution in [1.29, 1.82) is 0 Å². The number of carbonyl (C=O) groups is 1. The van der Waals surface area contributed by atoms with Gasteiger partial charge in [-0.2, -0.15) is 0 Å². The Labute approximate surface area is 142 Å². The van der Waals surface area contributed by atoms with Crippen LogP contribution in [0.15, 0.2) is 36.4 Å². The summed E-state index contributed by atoms with van der Waals surface area (Å²) in [5, 5.41) is 1.03. The second kappa shape index (κ2) is 7.77. The van der Waals surface area contributed by atoms with Crippen molar-refractivity contribution in [2.75, 3.05) is 5.01 Å². The van der Waals surface area contributed by atoms with Crippen LogP contribution in [0.25, 0.3) is 12.2 Å². The normalized spacial score (nSPS) is 10.9. The number of carbonyl (C=O) groups excluding carboxylic acids is 1. The molecule has 0 aromatic heterocycles. The van der Waals surface area contributed by atoms with E-state index in [1.807, 2.05) is 18.2 Å². The van der Waals surface area contributed by atoms with Crippen molar-refractivity contribution in [3.63, 3.8) is 0 Å². The van der Waals surface area contributed by atoms with Gasteiger partial charge < -0.3 is 0 Å². The van der Waals surface area contributed by atoms with Crippen molar-refractivity contribution in [3.8, 4) is 0 Å². The molecule has 2 aromatic rings. The molecule has 2 aromatic carbocycles. The van der Waals surface area contributed by atoms with Crippen molar-refractivity contribution in [3.05, 3.63) is 64.2 Å². The number of rotatable bonds is 4. The Balaban J connectivity index is 2.50. The summed E-state index contributed by atoms with van der Waals surface area (Å²) in [6.45, 7) is 6.20. The van der Waals surface area contributed by atoms with Crippen LogP contribution in [0.2, 0.25) is 0 Å². The highest BCUT2D eigenvalue weighted by molar-refractivity contribution is 5.94. The fourth-order valence-electron chi connectivity index (χ4n) is 2.60. The van der Waals surface area contributed by atoms with Gasteiger partial charge in [0.05, 0.1) is 5.69 Å². The van der Waals surface area contributed by atoms with E-state index in [1.54, 1.807) is 6.07 Å². The summed E-state index contributed by atoms with van der Waals surface area (Å²) in [6.07, 6.45) is 4.88. The topological polar surface area (TPSA) is 84.4 Å². The van der Waals surface area contributed by atoms with Gasteiger partial charge in [-0.05, 0) is 43.0 Å². The molecule has 0 aliphatic rings. The van der Waals surface area contributed by atoms with Crippen LogP contribution < -0.4 is 22.1 Å². The van der Waals surface area contributed by atoms with Gasteiger partial charge in [0, 0.05) is 5.56 Å². The number of nitrogens with zero attached hydrogens (tertiary/aromatic N) is 1. The predicted molar refractivity (Wildman–Crippen MR) is 100 cm³/mol. The maximum Gasteiger partial charge on any atom is 0.350 e. The second-order valence-corrected chi connectivity index (χ2v) is 5.72. The first-order valence-corrected chi connectivity index (χ1v) is 7.90. The van der Waals surface area contributed by atoms with Crippen LogP contribution in [-0.2, 0) is 6.42 Å². The molecule has 5 N–H and O–H groups in total. The van der Waals surface area contributed by atoms with E-state index in [9.17, 15) is 4.79 Å². The summed E-state index contributed by atoms with van der Waals surface area (Å²) >= 11 is 0. The minimum absolute atomic E-state index is 0.565. The van der Waals surface area contributed by atoms with Crippen LogP contribution in [-0.4, -0.2) is 6.03 Å². The zero-order valence-electron chi connectivity index (χ0n) is 14.3. The minimum atomic E-state index is -0.565. The highest BCUT2D eigenvalue weighted by Crippen LogP contribution is 2.26. The van der Waals surface area contributed by atoms with Gasteiger partial charge in [-0.1, -0.05) is 55.0 Å². The van der Waals surface area contributed by atoms with Crippen LogP contribution >= 0.6 is 0 Å². The smallest absolute Gasteiger partial charge is 0.274 e. The van der Waals surface area contributed by atoms with E-state index in [0.29, 0.717) is 5.69 Å². The highest BCUT2D eigenvalue weighted by Gasteiger charge is 2.15. The van der Waals surface area contributed by atoms with E-state index >= 15 is 0 Å². The Morgan fingerprint density at radius 2 is 1.96 bits per heavy atom. The van der Waals surface area contributed by atoms with Crippen LogP contribution in [0.4, 0.5) is 10.5 Å². The van der Waals surface area contributed by atoms with Gasteiger partial charge in [-0.25, -0.2) is 21.5 Å². The minimum Gasteiger partial charge on any atom is -0.274 e. The summed E-state index contributed by atoms with van der Waals surface area (Å²) in [5.74, 6) is 11.1. The molecule has 0 saturated carbocycles. The van der Waals surface area contributed by atoms with Crippen molar-refractivity contribution in [2.45, 2.75) is 27.2 Å². The molecule has 126 valence electrons. The van der Waals surface area contributed by atoms with Gasteiger partial charge >= 0.3 is 6.03 Å². The highest BCUT2D eigenvalue weighted by atomic mass is 16.2. The summed E-state index contributed by atoms with van der Waals surface area (Å²) < 4.78 is 0. The molecule has 0 unspecified atom stereocenters. The number of hydrazine groups is 2. The molecule has 2 amide bonds. The fourth-order valence-corrected chi connectivity index (χ4v) is 2.60. The average molecular weight is 324 g/mol. The lowest BCUT2D eigenvalue weighted by Crippen LogP contribution is -2.48. The first-order valence-electron chi connectivity index (χ1n) is 7.90. The maximum atomic E-state index is 11.8. The summed E-state index contributed by atoms with van der Waals surface area (Å²) in [4.78, 5) is 11.8. The van der Waals surface area contributed by atoms with Crippen molar-refractivity contribution < 1.29 is 4.79 Å². The molecule has 0 heterocycles. The number of urea groups is 1. The molecule has 0 radical (unpaired) electrons. The van der Waals surface area contributed by atoms with Crippen molar-refractivity contribution in [2.24, 2.45) is 11.7 Å². The summed E-state index contributed by atoms with van der Waals surface area (Å²) in [5.41, 5.74) is 8.21. The Kier molecular flexibility index (Phi) is 5.73. The fraction of sp³-hybridized carbons (Fsp3) is 0.211. The van der Waals surface area contributed by atoms with E-state index in [-0.39, 0.29) is 0 Å². The number of nitrogens with two attached hydrogens (primary N) is 2. The van der Waals surface area contributed by atoms with Gasteiger partial charge in [-0.15, -0.1) is 0 Å². The van der Waals surface area contributed by atoms with Gasteiger partial charge in [0.15, 0.2) is 0 Å². The monoisotopic (exact) mass is 324 g/mol. The number of hydrogen-bond donors (Lipinski definition) is 3. The first kappa shape index (κ1) is 17.7. The summed E-state index contributed by atoms with van der Waals surface area (Å²) in [7, 11) is 0. The second-order valence-electron chi connectivity index (χ2n) is 5.72. The Hall–Kier alpha value is -2.63. The van der Waals surface area contributed by atoms with Crippen molar-refractivity contribution >= 4 is 23.9 Å². The number of aryl methyl sites for hydroxylation is 3. The molecule has 5 nitrogen and oxygen atoms in total. The number of anilines is 1. The molecule has 5 heteroatoms. The van der Waals surface area contributed by atoms with E-state index in [4.69, 9.17) is 11.7 Å². The van der Waals surface area contributed by atoms with Gasteiger partial charge in [0.1, 0.15) is 0 Å². The molecule has 24 heavy (non-hydrogen) atoms. The molecular weight excluding hydrogens is 300 g/mol. The molecule has 0 fully saturated rings. The average Bonchev–Trinajstić information content (AvgIpc) is 2.60. The van der Waals surface area contributed by atoms with Gasteiger partial charge in [0.2, 0.25) is 0 Å². The number of nitrogens with one attached hydrogen (secondary N) is 1. The standard InChI is InChI=1S/C19H24N4O/c1-4-15-6-5-7-18(23(21)19(24)22-20)17(15)11-10-16-12-13(2)8-9-14(16)3/h5-12H,4,20-21H2,1-3H3,(H,22,24)/b11-10+. The molecule has 2 rings (SSSR count). The predicted octanol–water partition coefficient (Wildman–Crippen LogP) is 3.30. The molecule has 0 saturated heterocycles. The molecule has 0 aliphatic carbocycles. The van der Waals surface area contributed by atoms with E-state index in [1.165, 1.54) is 11.1 Å². The Bertz CT molecular complexity index is 768. The number of benzene rings is 2. The molecule has 0 atom stereocenters.